The minimum absolute atomic E-state index is 0.0175. The van der Waals surface area contributed by atoms with Gasteiger partial charge >= 0.3 is 0 Å². The van der Waals surface area contributed by atoms with E-state index in [4.69, 9.17) is 14.2 Å². The van der Waals surface area contributed by atoms with Gasteiger partial charge in [-0.1, -0.05) is 48.5 Å². The molecule has 0 unspecified atom stereocenters. The van der Waals surface area contributed by atoms with Crippen LogP contribution in [0.3, 0.4) is 0 Å². The minimum Gasteiger partial charge on any atom is -0.478 e. The molecule has 0 bridgehead atoms. The van der Waals surface area contributed by atoms with E-state index in [0.29, 0.717) is 23.8 Å². The number of hydrogen-bond donors (Lipinski definition) is 0. The first-order chi connectivity index (χ1) is 17.6. The molecular formula is C28H24N2O5S. The van der Waals surface area contributed by atoms with Crippen LogP contribution < -0.4 is 14.2 Å². The largest absolute Gasteiger partial charge is 0.478 e. The molecule has 4 aliphatic rings. The predicted molar refractivity (Wildman–Crippen MR) is 134 cm³/mol. The first kappa shape index (κ1) is 21.6. The summed E-state index contributed by atoms with van der Waals surface area (Å²) in [5.41, 5.74) is 3.19. The Balaban J connectivity index is 1.32. The highest BCUT2D eigenvalue weighted by atomic mass is 32.2. The van der Waals surface area contributed by atoms with Gasteiger partial charge < -0.3 is 24.0 Å². The summed E-state index contributed by atoms with van der Waals surface area (Å²) in [7, 11) is 0. The Labute approximate surface area is 212 Å². The van der Waals surface area contributed by atoms with E-state index in [-0.39, 0.29) is 18.6 Å². The van der Waals surface area contributed by atoms with E-state index in [1.807, 2.05) is 71.8 Å². The fraction of sp³-hybridized carbons (Fsp3) is 0.286. The SMILES string of the molecule is CS[C@@]12c3ccccc3CCN1C(=O)[C@H]2N1C(=O)[C@@H](Oc2ccccc2)[C@H]1c1ccc2c(c1)OCO2. The predicted octanol–water partition coefficient (Wildman–Crippen LogP) is 3.73. The molecule has 4 aliphatic heterocycles. The van der Waals surface area contributed by atoms with E-state index in [1.165, 1.54) is 5.56 Å². The number of carbonyl (C=O) groups is 2. The zero-order valence-corrected chi connectivity index (χ0v) is 20.4. The van der Waals surface area contributed by atoms with Crippen molar-refractivity contribution in [3.8, 4) is 17.2 Å². The van der Waals surface area contributed by atoms with Crippen LogP contribution in [0.5, 0.6) is 17.2 Å². The van der Waals surface area contributed by atoms with Crippen LogP contribution in [0.4, 0.5) is 0 Å². The van der Waals surface area contributed by atoms with Gasteiger partial charge in [-0.3, -0.25) is 9.59 Å². The van der Waals surface area contributed by atoms with Gasteiger partial charge in [0.2, 0.25) is 12.9 Å². The van der Waals surface area contributed by atoms with Crippen LogP contribution in [0.25, 0.3) is 0 Å². The average Bonchev–Trinajstić information content (AvgIpc) is 3.39. The summed E-state index contributed by atoms with van der Waals surface area (Å²) in [6, 6.07) is 22.2. The number of likely N-dealkylation sites (tertiary alicyclic amines) is 1. The Bertz CT molecular complexity index is 1380. The topological polar surface area (TPSA) is 68.3 Å². The molecule has 4 atom stereocenters. The lowest BCUT2D eigenvalue weighted by atomic mass is 9.76. The number of nitrogens with zero attached hydrogens (tertiary/aromatic N) is 2. The second kappa shape index (κ2) is 7.93. The van der Waals surface area contributed by atoms with Gasteiger partial charge in [0.1, 0.15) is 22.7 Å². The Morgan fingerprint density at radius 1 is 0.944 bits per heavy atom. The van der Waals surface area contributed by atoms with Gasteiger partial charge in [-0.15, -0.1) is 11.8 Å². The number of β-lactam (4-membered cyclic amide) rings is 2. The molecule has 2 fully saturated rings. The average molecular weight is 501 g/mol. The maximum Gasteiger partial charge on any atom is 0.267 e. The molecule has 182 valence electrons. The standard InChI is InChI=1S/C28H24N2O5S/c1-36-28-20-10-6-5-7-17(20)13-14-29(28)27(32)25(28)30-23(18-11-12-21-22(15-18)34-16-33-21)24(26(30)31)35-19-8-3-2-4-9-19/h2-12,15,23-25H,13-14,16H2,1H3/t23-,24+,25-,28-/m1/s1. The normalized spacial score (nSPS) is 27.6. The third kappa shape index (κ3) is 2.82. The molecule has 7 rings (SSSR count). The van der Waals surface area contributed by atoms with E-state index in [9.17, 15) is 9.59 Å². The van der Waals surface area contributed by atoms with Crippen molar-refractivity contribution in [1.29, 1.82) is 0 Å². The van der Waals surface area contributed by atoms with E-state index in [0.717, 1.165) is 17.5 Å². The highest BCUT2D eigenvalue weighted by Crippen LogP contribution is 2.58. The van der Waals surface area contributed by atoms with E-state index >= 15 is 0 Å². The summed E-state index contributed by atoms with van der Waals surface area (Å²) in [6.07, 6.45) is 2.09. The van der Waals surface area contributed by atoms with Gasteiger partial charge in [0.05, 0.1) is 0 Å². The second-order valence-corrected chi connectivity index (χ2v) is 10.4. The highest BCUT2D eigenvalue weighted by molar-refractivity contribution is 7.99. The molecule has 4 heterocycles. The van der Waals surface area contributed by atoms with Crippen LogP contribution in [0.1, 0.15) is 22.7 Å². The number of benzene rings is 3. The van der Waals surface area contributed by atoms with Crippen LogP contribution in [0.15, 0.2) is 72.8 Å². The fourth-order valence-corrected chi connectivity index (χ4v) is 7.31. The molecule has 0 radical (unpaired) electrons. The highest BCUT2D eigenvalue weighted by Gasteiger charge is 2.70. The number of amides is 2. The van der Waals surface area contributed by atoms with Gasteiger partial charge in [-0.05, 0) is 53.6 Å². The zero-order chi connectivity index (χ0) is 24.4. The Morgan fingerprint density at radius 3 is 2.56 bits per heavy atom. The van der Waals surface area contributed by atoms with E-state index in [1.54, 1.807) is 16.7 Å². The number of carbonyl (C=O) groups excluding carboxylic acids is 2. The molecule has 2 saturated heterocycles. The van der Waals surface area contributed by atoms with E-state index in [2.05, 4.69) is 12.1 Å². The maximum absolute atomic E-state index is 13.8. The molecule has 3 aromatic carbocycles. The first-order valence-electron chi connectivity index (χ1n) is 12.0. The summed E-state index contributed by atoms with van der Waals surface area (Å²) in [6.45, 7) is 0.812. The lowest BCUT2D eigenvalue weighted by Gasteiger charge is -2.65. The van der Waals surface area contributed by atoms with Gasteiger partial charge in [0.15, 0.2) is 11.5 Å². The summed E-state index contributed by atoms with van der Waals surface area (Å²) in [5.74, 6) is 1.72. The molecule has 7 nitrogen and oxygen atoms in total. The zero-order valence-electron chi connectivity index (χ0n) is 19.6. The Kier molecular flexibility index (Phi) is 4.76. The van der Waals surface area contributed by atoms with Crippen LogP contribution in [0, 0.1) is 0 Å². The van der Waals surface area contributed by atoms with Gasteiger partial charge in [0.25, 0.3) is 11.8 Å². The van der Waals surface area contributed by atoms with Crippen LogP contribution in [0.2, 0.25) is 0 Å². The van der Waals surface area contributed by atoms with Gasteiger partial charge in [0, 0.05) is 6.54 Å². The van der Waals surface area contributed by atoms with E-state index < -0.39 is 23.1 Å². The Hall–Kier alpha value is -3.65. The first-order valence-corrected chi connectivity index (χ1v) is 13.2. The Morgan fingerprint density at radius 2 is 1.72 bits per heavy atom. The van der Waals surface area contributed by atoms with Gasteiger partial charge in [-0.2, -0.15) is 0 Å². The summed E-state index contributed by atoms with van der Waals surface area (Å²) in [4.78, 5) is 30.4. The van der Waals surface area contributed by atoms with Crippen molar-refractivity contribution in [1.82, 2.24) is 9.80 Å². The lowest BCUT2D eigenvalue weighted by Crippen LogP contribution is -2.81. The number of thioether (sulfide) groups is 1. The molecule has 0 aromatic heterocycles. The molecule has 36 heavy (non-hydrogen) atoms. The summed E-state index contributed by atoms with van der Waals surface area (Å²) >= 11 is 1.63. The molecule has 0 N–H and O–H groups in total. The molecule has 2 amide bonds. The number of fused-ring (bicyclic) bond motifs is 4. The van der Waals surface area contributed by atoms with Crippen molar-refractivity contribution in [2.75, 3.05) is 19.6 Å². The fourth-order valence-electron chi connectivity index (χ4n) is 6.05. The summed E-state index contributed by atoms with van der Waals surface area (Å²) in [5, 5.41) is 0. The number of ether oxygens (including phenoxy) is 3. The van der Waals surface area contributed by atoms with Crippen molar-refractivity contribution in [3.05, 3.63) is 89.5 Å². The minimum atomic E-state index is -0.743. The van der Waals surface area contributed by atoms with Crippen molar-refractivity contribution in [2.45, 2.75) is 29.5 Å². The quantitative estimate of drug-likeness (QED) is 0.498. The number of hydrogen-bond acceptors (Lipinski definition) is 6. The molecule has 0 spiro atoms. The van der Waals surface area contributed by atoms with Crippen LogP contribution >= 0.6 is 11.8 Å². The monoisotopic (exact) mass is 500 g/mol. The maximum atomic E-state index is 13.8. The summed E-state index contributed by atoms with van der Waals surface area (Å²) < 4.78 is 17.3. The second-order valence-electron chi connectivity index (χ2n) is 9.35. The molecule has 0 aliphatic carbocycles. The van der Waals surface area contributed by atoms with Crippen molar-refractivity contribution >= 4 is 23.6 Å². The lowest BCUT2D eigenvalue weighted by molar-refractivity contribution is -0.195. The smallest absolute Gasteiger partial charge is 0.267 e. The third-order valence-corrected chi connectivity index (χ3v) is 8.98. The van der Waals surface area contributed by atoms with Crippen molar-refractivity contribution < 1.29 is 23.8 Å². The molecule has 0 saturated carbocycles. The van der Waals surface area contributed by atoms with Crippen molar-refractivity contribution in [3.63, 3.8) is 0 Å². The molecule has 3 aromatic rings. The number of para-hydroxylation sites is 1. The molecular weight excluding hydrogens is 476 g/mol. The van der Waals surface area contributed by atoms with Gasteiger partial charge in [-0.25, -0.2) is 0 Å². The van der Waals surface area contributed by atoms with Crippen LogP contribution in [-0.2, 0) is 20.9 Å². The third-order valence-electron chi connectivity index (χ3n) is 7.70. The molecule has 8 heteroatoms. The van der Waals surface area contributed by atoms with Crippen molar-refractivity contribution in [2.24, 2.45) is 0 Å². The number of rotatable bonds is 5. The van der Waals surface area contributed by atoms with Crippen LogP contribution in [-0.4, -0.2) is 53.4 Å².